The Bertz CT molecular complexity index is 1470. The molecule has 2 amide bonds. The molecule has 0 bridgehead atoms. The van der Waals surface area contributed by atoms with Crippen LogP contribution in [0.15, 0.2) is 78.4 Å². The lowest BCUT2D eigenvalue weighted by atomic mass is 10.00. The topological polar surface area (TPSA) is 107 Å². The summed E-state index contributed by atoms with van der Waals surface area (Å²) in [6.07, 6.45) is 3.29. The van der Waals surface area contributed by atoms with Crippen LogP contribution in [-0.4, -0.2) is 57.5 Å². The van der Waals surface area contributed by atoms with E-state index in [1.165, 1.54) is 11.3 Å². The molecule has 9 heteroatoms. The smallest absolute Gasteiger partial charge is 0.253 e. The summed E-state index contributed by atoms with van der Waals surface area (Å²) in [4.78, 5) is 36.9. The third kappa shape index (κ3) is 8.79. The van der Waals surface area contributed by atoms with E-state index in [0.717, 1.165) is 27.4 Å². The number of thiazole rings is 1. The summed E-state index contributed by atoms with van der Waals surface area (Å²) in [5, 5.41) is 20.3. The van der Waals surface area contributed by atoms with Crippen LogP contribution in [0.2, 0.25) is 0 Å². The number of nitrogens with one attached hydrogen (secondary N) is 2. The summed E-state index contributed by atoms with van der Waals surface area (Å²) >= 11 is 1.51. The van der Waals surface area contributed by atoms with Crippen molar-refractivity contribution in [2.24, 2.45) is 0 Å². The average molecular weight is 586 g/mol. The van der Waals surface area contributed by atoms with Gasteiger partial charge in [0.05, 0.1) is 18.7 Å². The van der Waals surface area contributed by atoms with E-state index in [9.17, 15) is 14.7 Å². The van der Waals surface area contributed by atoms with Gasteiger partial charge < -0.3 is 20.6 Å². The van der Waals surface area contributed by atoms with Gasteiger partial charge in [0.15, 0.2) is 0 Å². The number of carbonyl (C=O) groups is 2. The highest BCUT2D eigenvalue weighted by molar-refractivity contribution is 7.09. The summed E-state index contributed by atoms with van der Waals surface area (Å²) in [5.74, 6) is -0.166. The predicted molar refractivity (Wildman–Crippen MR) is 167 cm³/mol. The van der Waals surface area contributed by atoms with Crippen LogP contribution in [0.25, 0.3) is 0 Å². The Hall–Kier alpha value is -3.92. The van der Waals surface area contributed by atoms with E-state index < -0.39 is 12.1 Å². The molecular weight excluding hydrogens is 546 g/mol. The Morgan fingerprint density at radius 3 is 2.48 bits per heavy atom. The number of amides is 2. The largest absolute Gasteiger partial charge is 0.390 e. The first-order valence-corrected chi connectivity index (χ1v) is 15.0. The van der Waals surface area contributed by atoms with E-state index >= 15 is 0 Å². The molecule has 0 spiro atoms. The molecule has 4 aromatic rings. The fourth-order valence-electron chi connectivity index (χ4n) is 4.59. The lowest BCUT2D eigenvalue weighted by Gasteiger charge is -2.25. The molecule has 0 aliphatic carbocycles. The molecule has 3 N–H and O–H groups in total. The van der Waals surface area contributed by atoms with Gasteiger partial charge in [-0.3, -0.25) is 14.6 Å². The Balaban J connectivity index is 1.42. The first kappa shape index (κ1) is 31.0. The summed E-state index contributed by atoms with van der Waals surface area (Å²) in [7, 11) is 1.72. The highest BCUT2D eigenvalue weighted by Crippen LogP contribution is 2.16. The standard InChI is InChI=1S/C33H39N5O3S/c1-22(2)28-13-25(16-34-18-28)17-35-19-30(39)29(14-24-9-6-5-7-10-24)37-32(40)26-11-8-12-27(15-26)33(41)38(4)20-31-36-23(3)21-42-31/h5-13,15-16,18,21-22,29-30,35,39H,14,17,19-20H2,1-4H3,(H,37,40)/t29-,30+/m1/s1. The monoisotopic (exact) mass is 585 g/mol. The summed E-state index contributed by atoms with van der Waals surface area (Å²) in [5.41, 5.74) is 4.89. The molecule has 0 saturated carbocycles. The maximum absolute atomic E-state index is 13.4. The second-order valence-corrected chi connectivity index (χ2v) is 11.8. The molecule has 8 nitrogen and oxygen atoms in total. The van der Waals surface area contributed by atoms with Gasteiger partial charge in [0.1, 0.15) is 5.01 Å². The van der Waals surface area contributed by atoms with Crippen molar-refractivity contribution >= 4 is 23.2 Å². The minimum atomic E-state index is -0.854. The van der Waals surface area contributed by atoms with Crippen molar-refractivity contribution in [1.82, 2.24) is 25.5 Å². The highest BCUT2D eigenvalue weighted by Gasteiger charge is 2.23. The van der Waals surface area contributed by atoms with Crippen LogP contribution in [-0.2, 0) is 19.5 Å². The van der Waals surface area contributed by atoms with Crippen molar-refractivity contribution in [2.45, 2.75) is 58.3 Å². The highest BCUT2D eigenvalue weighted by atomic mass is 32.1. The van der Waals surface area contributed by atoms with Gasteiger partial charge >= 0.3 is 0 Å². The van der Waals surface area contributed by atoms with Gasteiger partial charge in [0.2, 0.25) is 0 Å². The molecule has 2 heterocycles. The number of aryl methyl sites for hydroxylation is 1. The van der Waals surface area contributed by atoms with Crippen LogP contribution in [0.4, 0.5) is 0 Å². The summed E-state index contributed by atoms with van der Waals surface area (Å²) < 4.78 is 0. The van der Waals surface area contributed by atoms with Crippen molar-refractivity contribution < 1.29 is 14.7 Å². The molecule has 0 fully saturated rings. The molecular formula is C33H39N5O3S. The third-order valence-electron chi connectivity index (χ3n) is 7.00. The van der Waals surface area contributed by atoms with Crippen molar-refractivity contribution in [3.8, 4) is 0 Å². The lowest BCUT2D eigenvalue weighted by Crippen LogP contribution is -2.48. The first-order valence-electron chi connectivity index (χ1n) is 14.1. The predicted octanol–water partition coefficient (Wildman–Crippen LogP) is 4.73. The zero-order valence-electron chi connectivity index (χ0n) is 24.6. The average Bonchev–Trinajstić information content (AvgIpc) is 3.41. The minimum Gasteiger partial charge on any atom is -0.390 e. The van der Waals surface area contributed by atoms with E-state index in [2.05, 4.69) is 40.5 Å². The van der Waals surface area contributed by atoms with Gasteiger partial charge in [0.25, 0.3) is 11.8 Å². The van der Waals surface area contributed by atoms with Gasteiger partial charge in [0, 0.05) is 54.7 Å². The molecule has 4 rings (SSSR count). The van der Waals surface area contributed by atoms with Crippen LogP contribution >= 0.6 is 11.3 Å². The fraction of sp³-hybridized carbons (Fsp3) is 0.333. The SMILES string of the molecule is Cc1csc(CN(C)C(=O)c2cccc(C(=O)N[C@H](Cc3ccccc3)[C@@H](O)CNCc3cncc(C(C)C)c3)c2)n1. The fourth-order valence-corrected chi connectivity index (χ4v) is 5.42. The Labute approximate surface area is 251 Å². The number of nitrogens with zero attached hydrogens (tertiary/aromatic N) is 3. The molecule has 2 atom stereocenters. The Morgan fingerprint density at radius 2 is 1.76 bits per heavy atom. The zero-order valence-corrected chi connectivity index (χ0v) is 25.4. The van der Waals surface area contributed by atoms with Crippen LogP contribution < -0.4 is 10.6 Å². The van der Waals surface area contributed by atoms with Gasteiger partial charge in [-0.05, 0) is 54.2 Å². The van der Waals surface area contributed by atoms with Crippen LogP contribution in [0.3, 0.4) is 0 Å². The van der Waals surface area contributed by atoms with Gasteiger partial charge in [-0.1, -0.05) is 56.3 Å². The molecule has 220 valence electrons. The number of rotatable bonds is 13. The van der Waals surface area contributed by atoms with Crippen molar-refractivity contribution in [2.75, 3.05) is 13.6 Å². The number of hydrogen-bond donors (Lipinski definition) is 3. The number of aliphatic hydroxyl groups is 1. The van der Waals surface area contributed by atoms with E-state index in [0.29, 0.717) is 36.6 Å². The molecule has 0 aliphatic rings. The second-order valence-electron chi connectivity index (χ2n) is 10.9. The quantitative estimate of drug-likeness (QED) is 0.209. The van der Waals surface area contributed by atoms with Crippen LogP contribution in [0.5, 0.6) is 0 Å². The summed E-state index contributed by atoms with van der Waals surface area (Å²) in [6.45, 7) is 7.40. The Morgan fingerprint density at radius 1 is 1.00 bits per heavy atom. The first-order chi connectivity index (χ1) is 20.2. The van der Waals surface area contributed by atoms with Crippen molar-refractivity contribution in [3.05, 3.63) is 117 Å². The van der Waals surface area contributed by atoms with Crippen molar-refractivity contribution in [1.29, 1.82) is 0 Å². The van der Waals surface area contributed by atoms with E-state index in [-0.39, 0.29) is 18.4 Å². The maximum Gasteiger partial charge on any atom is 0.253 e. The Kier molecular flexibility index (Phi) is 10.9. The number of aliphatic hydroxyl groups excluding tert-OH is 1. The normalized spacial score (nSPS) is 12.6. The molecule has 2 aromatic heterocycles. The molecule has 0 saturated heterocycles. The molecule has 0 aliphatic heterocycles. The van der Waals surface area contributed by atoms with E-state index in [4.69, 9.17) is 0 Å². The second kappa shape index (κ2) is 14.8. The number of carbonyl (C=O) groups excluding carboxylic acids is 2. The minimum absolute atomic E-state index is 0.196. The van der Waals surface area contributed by atoms with E-state index in [1.807, 2.05) is 55.0 Å². The molecule has 0 radical (unpaired) electrons. The molecule has 2 aromatic carbocycles. The maximum atomic E-state index is 13.4. The van der Waals surface area contributed by atoms with Crippen molar-refractivity contribution in [3.63, 3.8) is 0 Å². The summed E-state index contributed by atoms with van der Waals surface area (Å²) in [6, 6.07) is 18.0. The van der Waals surface area contributed by atoms with Gasteiger partial charge in [-0.2, -0.15) is 0 Å². The number of hydrogen-bond acceptors (Lipinski definition) is 7. The molecule has 42 heavy (non-hydrogen) atoms. The van der Waals surface area contributed by atoms with Gasteiger partial charge in [-0.25, -0.2) is 4.98 Å². The van der Waals surface area contributed by atoms with Crippen LogP contribution in [0.1, 0.15) is 67.9 Å². The molecule has 0 unspecified atom stereocenters. The van der Waals surface area contributed by atoms with E-state index in [1.54, 1.807) is 36.2 Å². The number of aromatic nitrogens is 2. The van der Waals surface area contributed by atoms with Gasteiger partial charge in [-0.15, -0.1) is 11.3 Å². The third-order valence-corrected chi connectivity index (χ3v) is 7.95. The number of pyridine rings is 1. The number of benzene rings is 2. The lowest BCUT2D eigenvalue weighted by molar-refractivity contribution is 0.0784. The zero-order chi connectivity index (χ0) is 30.1. The van der Waals surface area contributed by atoms with Crippen LogP contribution in [0, 0.1) is 6.92 Å².